The largest absolute Gasteiger partial charge is 0.364 e. The molecule has 0 unspecified atom stereocenters. The Morgan fingerprint density at radius 2 is 2.38 bits per heavy atom. The van der Waals surface area contributed by atoms with Crippen molar-refractivity contribution in [2.24, 2.45) is 0 Å². The number of sulfonamides is 1. The van der Waals surface area contributed by atoms with Crippen LogP contribution in [0.4, 0.5) is 0 Å². The van der Waals surface area contributed by atoms with E-state index in [-0.39, 0.29) is 4.21 Å². The lowest BCUT2D eigenvalue weighted by Crippen LogP contribution is -2.25. The summed E-state index contributed by atoms with van der Waals surface area (Å²) < 4.78 is 34.4. The summed E-state index contributed by atoms with van der Waals surface area (Å²) in [6, 6.07) is 1.46. The summed E-state index contributed by atoms with van der Waals surface area (Å²) in [6.07, 6.45) is 5.04. The second-order valence-corrected chi connectivity index (χ2v) is 5.84. The van der Waals surface area contributed by atoms with Crippen molar-refractivity contribution in [2.45, 2.75) is 10.6 Å². The molecule has 6 nitrogen and oxygen atoms in total. The topological polar surface area (TPSA) is 85.1 Å². The number of aromatic nitrogens is 2. The third-order valence-corrected chi connectivity index (χ3v) is 4.54. The molecular formula is C8H9N3O3S2. The number of rotatable bonds is 5. The smallest absolute Gasteiger partial charge is 0.251 e. The van der Waals surface area contributed by atoms with Crippen molar-refractivity contribution in [1.82, 2.24) is 14.3 Å². The average molecular weight is 259 g/mol. The summed E-state index contributed by atoms with van der Waals surface area (Å²) in [5.41, 5.74) is 0.854. The van der Waals surface area contributed by atoms with E-state index in [0.29, 0.717) is 13.0 Å². The minimum Gasteiger partial charge on any atom is -0.364 e. The van der Waals surface area contributed by atoms with Gasteiger partial charge in [-0.3, -0.25) is 0 Å². The van der Waals surface area contributed by atoms with Gasteiger partial charge in [-0.05, 0) is 24.0 Å². The molecule has 0 amide bonds. The van der Waals surface area contributed by atoms with Crippen LogP contribution in [-0.4, -0.2) is 24.5 Å². The summed E-state index contributed by atoms with van der Waals surface area (Å²) in [4.78, 5) is 0. The summed E-state index contributed by atoms with van der Waals surface area (Å²) in [5.74, 6) is 0. The highest BCUT2D eigenvalue weighted by Gasteiger charge is 2.14. The number of hydrogen-bond acceptors (Lipinski definition) is 6. The molecule has 0 atom stereocenters. The maximum atomic E-state index is 11.6. The third kappa shape index (κ3) is 2.65. The number of nitrogens with one attached hydrogen (secondary N) is 1. The van der Waals surface area contributed by atoms with Crippen molar-refractivity contribution in [1.29, 1.82) is 0 Å². The molecule has 0 bridgehead atoms. The predicted molar refractivity (Wildman–Crippen MR) is 57.5 cm³/mol. The summed E-state index contributed by atoms with van der Waals surface area (Å²) in [6.45, 7) is 0.307. The van der Waals surface area contributed by atoms with Gasteiger partial charge in [-0.1, -0.05) is 5.16 Å². The van der Waals surface area contributed by atoms with Crippen LogP contribution in [0.3, 0.4) is 0 Å². The first-order valence-corrected chi connectivity index (χ1v) is 6.73. The second-order valence-electron chi connectivity index (χ2n) is 3.01. The van der Waals surface area contributed by atoms with Crippen LogP contribution in [0.25, 0.3) is 0 Å². The molecule has 1 N–H and O–H groups in total. The van der Waals surface area contributed by atoms with E-state index in [1.807, 2.05) is 0 Å². The molecule has 0 saturated heterocycles. The fourth-order valence-corrected chi connectivity index (χ4v) is 2.89. The molecule has 0 radical (unpaired) electrons. The maximum absolute atomic E-state index is 11.6. The van der Waals surface area contributed by atoms with Crippen LogP contribution < -0.4 is 4.72 Å². The molecule has 0 fully saturated rings. The summed E-state index contributed by atoms with van der Waals surface area (Å²) in [7, 11) is -3.42. The Morgan fingerprint density at radius 1 is 1.50 bits per heavy atom. The van der Waals surface area contributed by atoms with E-state index in [2.05, 4.69) is 18.8 Å². The fraction of sp³-hybridized carbons (Fsp3) is 0.250. The molecule has 8 heteroatoms. The van der Waals surface area contributed by atoms with Crippen LogP contribution in [0.5, 0.6) is 0 Å². The molecule has 0 aromatic carbocycles. The van der Waals surface area contributed by atoms with E-state index in [4.69, 9.17) is 0 Å². The zero-order valence-corrected chi connectivity index (χ0v) is 9.79. The van der Waals surface area contributed by atoms with Crippen LogP contribution in [-0.2, 0) is 16.4 Å². The Labute approximate surface area is 96.5 Å². The first-order valence-electron chi connectivity index (χ1n) is 4.47. The van der Waals surface area contributed by atoms with Crippen molar-refractivity contribution >= 4 is 21.6 Å². The molecule has 86 valence electrons. The summed E-state index contributed by atoms with van der Waals surface area (Å²) >= 11 is 0.946. The zero-order chi connectivity index (χ0) is 11.4. The first-order chi connectivity index (χ1) is 7.68. The van der Waals surface area contributed by atoms with Crippen LogP contribution in [0.1, 0.15) is 5.56 Å². The van der Waals surface area contributed by atoms with Gasteiger partial charge in [0.25, 0.3) is 10.0 Å². The van der Waals surface area contributed by atoms with Gasteiger partial charge in [0.2, 0.25) is 0 Å². The molecule has 16 heavy (non-hydrogen) atoms. The molecule has 2 heterocycles. The number of nitrogens with zero attached hydrogens (tertiary/aromatic N) is 2. The van der Waals surface area contributed by atoms with Gasteiger partial charge in [0, 0.05) is 18.3 Å². The van der Waals surface area contributed by atoms with Crippen LogP contribution >= 0.6 is 11.5 Å². The normalized spacial score (nSPS) is 11.8. The molecule has 0 aliphatic carbocycles. The molecule has 2 aromatic heterocycles. The SMILES string of the molecule is O=S(=O)(NCCc1cnoc1)c1ccns1. The summed E-state index contributed by atoms with van der Waals surface area (Å²) in [5, 5.41) is 3.53. The molecule has 0 aliphatic heterocycles. The zero-order valence-electron chi connectivity index (χ0n) is 8.16. The van der Waals surface area contributed by atoms with Crippen molar-refractivity contribution in [3.63, 3.8) is 0 Å². The van der Waals surface area contributed by atoms with E-state index in [1.54, 1.807) is 6.20 Å². The molecule has 0 saturated carbocycles. The lowest BCUT2D eigenvalue weighted by atomic mass is 10.3. The minimum absolute atomic E-state index is 0.220. The predicted octanol–water partition coefficient (Wildman–Crippen LogP) is 0.652. The van der Waals surface area contributed by atoms with Gasteiger partial charge < -0.3 is 4.52 Å². The lowest BCUT2D eigenvalue weighted by molar-refractivity contribution is 0.419. The number of hydrogen-bond donors (Lipinski definition) is 1. The standard InChI is InChI=1S/C8H9N3O3S2/c12-16(13,8-2-3-10-15-8)11-4-1-7-5-9-14-6-7/h2-3,5-6,11H,1,4H2. The van der Waals surface area contributed by atoms with Gasteiger partial charge >= 0.3 is 0 Å². The van der Waals surface area contributed by atoms with Crippen LogP contribution in [0, 0.1) is 0 Å². The molecular weight excluding hydrogens is 250 g/mol. The Kier molecular flexibility index (Phi) is 3.32. The van der Waals surface area contributed by atoms with Gasteiger partial charge in [0.05, 0.1) is 6.20 Å². The fourth-order valence-electron chi connectivity index (χ4n) is 1.09. The molecule has 0 aliphatic rings. The van der Waals surface area contributed by atoms with E-state index < -0.39 is 10.0 Å². The van der Waals surface area contributed by atoms with Crippen molar-refractivity contribution in [3.8, 4) is 0 Å². The van der Waals surface area contributed by atoms with Crippen LogP contribution in [0.2, 0.25) is 0 Å². The molecule has 0 spiro atoms. The van der Waals surface area contributed by atoms with E-state index in [1.165, 1.54) is 18.5 Å². The third-order valence-electron chi connectivity index (χ3n) is 1.87. The average Bonchev–Trinajstić information content (AvgIpc) is 2.90. The highest BCUT2D eigenvalue weighted by molar-refractivity contribution is 7.91. The first kappa shape index (κ1) is 11.2. The van der Waals surface area contributed by atoms with Crippen LogP contribution in [0.15, 0.2) is 33.5 Å². The van der Waals surface area contributed by atoms with Crippen molar-refractivity contribution in [2.75, 3.05) is 6.54 Å². The van der Waals surface area contributed by atoms with Gasteiger partial charge in [0.1, 0.15) is 6.26 Å². The molecule has 2 aromatic rings. The van der Waals surface area contributed by atoms with Gasteiger partial charge in [-0.2, -0.15) is 4.37 Å². The Balaban J connectivity index is 1.91. The molecule has 2 rings (SSSR count). The second kappa shape index (κ2) is 4.73. The van der Waals surface area contributed by atoms with Crippen molar-refractivity contribution < 1.29 is 12.9 Å². The monoisotopic (exact) mass is 259 g/mol. The van der Waals surface area contributed by atoms with Gasteiger partial charge in [-0.25, -0.2) is 13.1 Å². The minimum atomic E-state index is -3.42. The highest BCUT2D eigenvalue weighted by atomic mass is 32.2. The highest BCUT2D eigenvalue weighted by Crippen LogP contribution is 2.12. The van der Waals surface area contributed by atoms with E-state index in [0.717, 1.165) is 17.1 Å². The quantitative estimate of drug-likeness (QED) is 0.852. The van der Waals surface area contributed by atoms with Crippen molar-refractivity contribution in [3.05, 3.63) is 30.3 Å². The van der Waals surface area contributed by atoms with Gasteiger partial charge in [0.15, 0.2) is 4.21 Å². The Morgan fingerprint density at radius 3 is 3.00 bits per heavy atom. The van der Waals surface area contributed by atoms with E-state index in [9.17, 15) is 8.42 Å². The van der Waals surface area contributed by atoms with Gasteiger partial charge in [-0.15, -0.1) is 0 Å². The van der Waals surface area contributed by atoms with E-state index >= 15 is 0 Å². The maximum Gasteiger partial charge on any atom is 0.251 e. The lowest BCUT2D eigenvalue weighted by Gasteiger charge is -2.02. The Hall–Kier alpha value is -1.25. The Bertz CT molecular complexity index is 519.